The fraction of sp³-hybridized carbons (Fsp3) is 0.333. The van der Waals surface area contributed by atoms with Gasteiger partial charge in [0.05, 0.1) is 35.9 Å². The van der Waals surface area contributed by atoms with E-state index in [0.29, 0.717) is 36.4 Å². The van der Waals surface area contributed by atoms with Crippen LogP contribution in [0.1, 0.15) is 48.3 Å². The molecule has 0 atom stereocenters. The zero-order valence-corrected chi connectivity index (χ0v) is 19.8. The summed E-state index contributed by atoms with van der Waals surface area (Å²) >= 11 is 1.12. The minimum Gasteiger partial charge on any atom is -0.477 e. The number of nitrogens with zero attached hydrogens (tertiary/aromatic N) is 3. The summed E-state index contributed by atoms with van der Waals surface area (Å²) in [4.78, 5) is 24.5. The number of halogens is 1. The van der Waals surface area contributed by atoms with Crippen LogP contribution in [0.15, 0.2) is 45.6 Å². The largest absolute Gasteiger partial charge is 0.477 e. The highest BCUT2D eigenvalue weighted by Gasteiger charge is 2.36. The molecule has 9 nitrogen and oxygen atoms in total. The maximum absolute atomic E-state index is 14.6. The van der Waals surface area contributed by atoms with Gasteiger partial charge < -0.3 is 10.1 Å². The molecule has 2 N–H and O–H groups in total. The van der Waals surface area contributed by atoms with E-state index in [4.69, 9.17) is 4.74 Å². The van der Waals surface area contributed by atoms with Gasteiger partial charge in [0, 0.05) is 11.1 Å². The normalized spacial score (nSPS) is 14.6. The van der Waals surface area contributed by atoms with Crippen LogP contribution in [-0.2, 0) is 21.3 Å². The first-order valence-corrected chi connectivity index (χ1v) is 12.5. The van der Waals surface area contributed by atoms with E-state index >= 15 is 0 Å². The minimum absolute atomic E-state index is 0.0270. The molecule has 0 radical (unpaired) electrons. The number of benzene rings is 1. The predicted molar refractivity (Wildman–Crippen MR) is 127 cm³/mol. The van der Waals surface area contributed by atoms with Gasteiger partial charge >= 0.3 is 0 Å². The van der Waals surface area contributed by atoms with Crippen LogP contribution in [0, 0.1) is 5.82 Å². The van der Waals surface area contributed by atoms with Crippen molar-refractivity contribution < 1.29 is 22.3 Å². The Morgan fingerprint density at radius 3 is 2.82 bits per heavy atom. The van der Waals surface area contributed by atoms with Crippen molar-refractivity contribution in [2.45, 2.75) is 38.5 Å². The maximum atomic E-state index is 14.6. The third-order valence-corrected chi connectivity index (χ3v) is 7.34. The number of hydrogen-bond acceptors (Lipinski definition) is 8. The zero-order chi connectivity index (χ0) is 24.0. The Bertz CT molecular complexity index is 1200. The molecule has 1 amide bonds. The number of ether oxygens (including phenoxy) is 1. The Hall–Kier alpha value is -3.12. The van der Waals surface area contributed by atoms with Crippen molar-refractivity contribution in [3.63, 3.8) is 0 Å². The number of carbonyl (C=O) groups is 1. The monoisotopic (exact) mass is 493 g/mol. The molecule has 1 aromatic heterocycles. The third kappa shape index (κ3) is 6.68. The second-order valence-corrected chi connectivity index (χ2v) is 9.97. The number of hydrogen-bond donors (Lipinski definition) is 2. The summed E-state index contributed by atoms with van der Waals surface area (Å²) in [7, 11) is -3.40. The summed E-state index contributed by atoms with van der Waals surface area (Å²) in [6, 6.07) is 4.16. The molecule has 1 aliphatic rings. The van der Waals surface area contributed by atoms with Gasteiger partial charge in [-0.15, -0.1) is 11.3 Å². The smallest absolute Gasteiger partial charge is 0.254 e. The van der Waals surface area contributed by atoms with Gasteiger partial charge in [-0.2, -0.15) is 0 Å². The Morgan fingerprint density at radius 2 is 2.18 bits per heavy atom. The fourth-order valence-electron chi connectivity index (χ4n) is 2.76. The molecule has 0 bridgehead atoms. The van der Waals surface area contributed by atoms with Crippen molar-refractivity contribution >= 4 is 44.8 Å². The van der Waals surface area contributed by atoms with Crippen LogP contribution >= 0.6 is 11.3 Å². The van der Waals surface area contributed by atoms with Crippen LogP contribution in [0.3, 0.4) is 0 Å². The summed E-state index contributed by atoms with van der Waals surface area (Å²) in [6.45, 7) is 7.26. The van der Waals surface area contributed by atoms with Gasteiger partial charge in [-0.3, -0.25) is 14.5 Å². The summed E-state index contributed by atoms with van der Waals surface area (Å²) in [6.07, 6.45) is 2.65. The number of thiazole rings is 1. The van der Waals surface area contributed by atoms with Crippen LogP contribution < -0.4 is 10.0 Å². The molecule has 0 saturated heterocycles. The maximum Gasteiger partial charge on any atom is 0.254 e. The van der Waals surface area contributed by atoms with E-state index in [1.54, 1.807) is 25.3 Å². The molecule has 1 aliphatic carbocycles. The molecule has 0 spiro atoms. The number of nitrogens with one attached hydrogen (secondary N) is 2. The number of sulfonamides is 1. The van der Waals surface area contributed by atoms with Gasteiger partial charge in [-0.1, -0.05) is 6.07 Å². The van der Waals surface area contributed by atoms with Crippen molar-refractivity contribution in [2.75, 3.05) is 11.3 Å². The molecule has 33 heavy (non-hydrogen) atoms. The highest BCUT2D eigenvalue weighted by atomic mass is 32.2. The van der Waals surface area contributed by atoms with Crippen molar-refractivity contribution in [3.8, 4) is 0 Å². The molecule has 3 rings (SSSR count). The molecule has 0 aliphatic heterocycles. The Labute approximate surface area is 195 Å². The lowest BCUT2D eigenvalue weighted by Gasteiger charge is -2.08. The zero-order valence-electron chi connectivity index (χ0n) is 18.2. The molecule has 1 heterocycles. The van der Waals surface area contributed by atoms with E-state index in [0.717, 1.165) is 11.3 Å². The SMILES string of the molecule is C=N/C=C(\N=C(C)c1ccc(C(=O)NCc2csc(NS(=O)(=O)C3CC3)n2)c(F)c1)OCC. The van der Waals surface area contributed by atoms with Crippen LogP contribution in [0.5, 0.6) is 0 Å². The van der Waals surface area contributed by atoms with Crippen LogP contribution in [0.2, 0.25) is 0 Å². The number of amides is 1. The van der Waals surface area contributed by atoms with E-state index in [9.17, 15) is 17.6 Å². The fourth-order valence-corrected chi connectivity index (χ4v) is 5.07. The Balaban J connectivity index is 1.63. The number of aromatic nitrogens is 1. The van der Waals surface area contributed by atoms with E-state index in [-0.39, 0.29) is 28.4 Å². The summed E-state index contributed by atoms with van der Waals surface area (Å²) in [5, 5.41) is 4.10. The second kappa shape index (κ2) is 10.7. The van der Waals surface area contributed by atoms with Crippen molar-refractivity contribution in [1.29, 1.82) is 0 Å². The molecule has 1 fully saturated rings. The van der Waals surface area contributed by atoms with Crippen molar-refractivity contribution in [3.05, 3.63) is 58.3 Å². The minimum atomic E-state index is -3.40. The van der Waals surface area contributed by atoms with Gasteiger partial charge in [0.1, 0.15) is 5.82 Å². The quantitative estimate of drug-likeness (QED) is 0.367. The Kier molecular flexibility index (Phi) is 7.92. The first-order chi connectivity index (χ1) is 15.7. The van der Waals surface area contributed by atoms with Gasteiger partial charge in [-0.05, 0) is 51.1 Å². The average molecular weight is 494 g/mol. The van der Waals surface area contributed by atoms with Crippen LogP contribution in [0.25, 0.3) is 0 Å². The van der Waals surface area contributed by atoms with E-state index in [2.05, 4.69) is 31.7 Å². The molecule has 2 aromatic rings. The van der Waals surface area contributed by atoms with Gasteiger partial charge in [0.25, 0.3) is 5.91 Å². The van der Waals surface area contributed by atoms with Crippen LogP contribution in [-0.4, -0.2) is 43.6 Å². The van der Waals surface area contributed by atoms with Crippen molar-refractivity contribution in [1.82, 2.24) is 10.3 Å². The lowest BCUT2D eigenvalue weighted by molar-refractivity contribution is 0.0946. The molecular weight excluding hydrogens is 469 g/mol. The highest BCUT2D eigenvalue weighted by Crippen LogP contribution is 2.30. The molecule has 0 unspecified atom stereocenters. The van der Waals surface area contributed by atoms with Crippen LogP contribution in [0.4, 0.5) is 9.52 Å². The second-order valence-electron chi connectivity index (χ2n) is 7.15. The number of anilines is 1. The standard InChI is InChI=1S/C21H24FN5O4S2/c1-4-31-19(11-23-3)25-13(2)14-5-8-17(18(22)9-14)20(28)24-10-15-12-32-21(26-15)27-33(29,30)16-6-7-16/h5,8-9,11-12,16H,3-4,6-7,10H2,1-2H3,(H,24,28)(H,26,27)/b19-11+,25-13?. The summed E-state index contributed by atoms with van der Waals surface area (Å²) in [5.41, 5.74) is 1.29. The summed E-state index contributed by atoms with van der Waals surface area (Å²) in [5.74, 6) is -1.08. The van der Waals surface area contributed by atoms with E-state index in [1.165, 1.54) is 18.3 Å². The van der Waals surface area contributed by atoms with Gasteiger partial charge in [0.15, 0.2) is 5.13 Å². The number of rotatable bonds is 11. The average Bonchev–Trinajstić information content (AvgIpc) is 3.54. The molecule has 1 saturated carbocycles. The highest BCUT2D eigenvalue weighted by molar-refractivity contribution is 7.93. The number of carbonyl (C=O) groups excluding carboxylic acids is 1. The molecular formula is C21H24FN5O4S2. The lowest BCUT2D eigenvalue weighted by Crippen LogP contribution is -2.24. The molecule has 1 aromatic carbocycles. The molecule has 176 valence electrons. The van der Waals surface area contributed by atoms with Crippen molar-refractivity contribution in [2.24, 2.45) is 9.98 Å². The first-order valence-electron chi connectivity index (χ1n) is 10.1. The lowest BCUT2D eigenvalue weighted by atomic mass is 10.1. The third-order valence-electron chi connectivity index (χ3n) is 4.58. The summed E-state index contributed by atoms with van der Waals surface area (Å²) < 4.78 is 46.3. The first kappa shape index (κ1) is 24.5. The molecule has 12 heteroatoms. The van der Waals surface area contributed by atoms with E-state index in [1.807, 2.05) is 0 Å². The Morgan fingerprint density at radius 1 is 1.42 bits per heavy atom. The number of aliphatic imine (C=N–C) groups is 2. The van der Waals surface area contributed by atoms with Gasteiger partial charge in [0.2, 0.25) is 15.9 Å². The topological polar surface area (TPSA) is 122 Å². The van der Waals surface area contributed by atoms with E-state index < -0.39 is 21.7 Å². The predicted octanol–water partition coefficient (Wildman–Crippen LogP) is 3.46. The van der Waals surface area contributed by atoms with Gasteiger partial charge in [-0.25, -0.2) is 22.8 Å².